The minimum atomic E-state index is -0.746. The average molecular weight is 262 g/mol. The van der Waals surface area contributed by atoms with E-state index in [0.29, 0.717) is 24.5 Å². The third-order valence-electron chi connectivity index (χ3n) is 2.97. The molecule has 1 aliphatic rings. The Balaban J connectivity index is 1.81. The highest BCUT2D eigenvalue weighted by atomic mass is 19.1. The van der Waals surface area contributed by atoms with Gasteiger partial charge in [0.25, 0.3) is 0 Å². The first-order chi connectivity index (χ1) is 9.22. The van der Waals surface area contributed by atoms with Gasteiger partial charge in [0.15, 0.2) is 5.82 Å². The number of hydrogen-bond acceptors (Lipinski definition) is 4. The first-order valence-corrected chi connectivity index (χ1v) is 6.01. The number of benzene rings is 1. The van der Waals surface area contributed by atoms with E-state index in [4.69, 9.17) is 0 Å². The molecular formula is C13H12F2N4. The van der Waals surface area contributed by atoms with Crippen LogP contribution in [0.15, 0.2) is 24.3 Å². The predicted octanol–water partition coefficient (Wildman–Crippen LogP) is 2.33. The monoisotopic (exact) mass is 262 g/mol. The summed E-state index contributed by atoms with van der Waals surface area (Å²) in [4.78, 5) is 7.48. The summed E-state index contributed by atoms with van der Waals surface area (Å²) >= 11 is 0. The average Bonchev–Trinajstić information content (AvgIpc) is 2.84. The lowest BCUT2D eigenvalue weighted by Crippen LogP contribution is -2.07. The van der Waals surface area contributed by atoms with Crippen LogP contribution in [0.25, 0.3) is 0 Å². The summed E-state index contributed by atoms with van der Waals surface area (Å²) < 4.78 is 26.3. The molecule has 19 heavy (non-hydrogen) atoms. The third kappa shape index (κ3) is 2.47. The van der Waals surface area contributed by atoms with Gasteiger partial charge in [-0.05, 0) is 17.7 Å². The number of hydrogen-bond donors (Lipinski definition) is 2. The maximum atomic E-state index is 13.3. The van der Waals surface area contributed by atoms with E-state index in [1.165, 1.54) is 12.1 Å². The molecule has 3 rings (SSSR count). The standard InChI is InChI=1S/C13H12F2N4/c14-9-3-1-2-8(6-9)7-17-12-11-10(4-5-16-11)18-13(15)19-12/h1-3,6,16H,4-5,7H2,(H,17,18,19). The topological polar surface area (TPSA) is 49.8 Å². The van der Waals surface area contributed by atoms with Crippen LogP contribution in [0.1, 0.15) is 11.3 Å². The van der Waals surface area contributed by atoms with E-state index in [2.05, 4.69) is 20.6 Å². The Bertz CT molecular complexity index is 616. The van der Waals surface area contributed by atoms with Crippen molar-refractivity contribution in [2.24, 2.45) is 0 Å². The zero-order valence-electron chi connectivity index (χ0n) is 10.1. The summed E-state index contributed by atoms with van der Waals surface area (Å²) in [5, 5.41) is 6.12. The SMILES string of the molecule is Fc1cccc(CNc2nc(F)nc3c2NCC3)c1. The van der Waals surface area contributed by atoms with Crippen molar-refractivity contribution in [1.82, 2.24) is 9.97 Å². The second-order valence-electron chi connectivity index (χ2n) is 4.32. The highest BCUT2D eigenvalue weighted by Gasteiger charge is 2.18. The normalized spacial score (nSPS) is 12.9. The summed E-state index contributed by atoms with van der Waals surface area (Å²) in [6, 6.07) is 6.24. The van der Waals surface area contributed by atoms with Gasteiger partial charge in [0.2, 0.25) is 0 Å². The number of nitrogens with one attached hydrogen (secondary N) is 2. The molecule has 2 heterocycles. The predicted molar refractivity (Wildman–Crippen MR) is 67.9 cm³/mol. The molecule has 2 aromatic rings. The van der Waals surface area contributed by atoms with Gasteiger partial charge in [0.1, 0.15) is 5.82 Å². The van der Waals surface area contributed by atoms with Gasteiger partial charge in [-0.2, -0.15) is 9.37 Å². The second kappa shape index (κ2) is 4.79. The summed E-state index contributed by atoms with van der Waals surface area (Å²) in [5.41, 5.74) is 2.18. The molecule has 98 valence electrons. The van der Waals surface area contributed by atoms with Crippen molar-refractivity contribution in [3.05, 3.63) is 47.4 Å². The fourth-order valence-corrected chi connectivity index (χ4v) is 2.11. The summed E-state index contributed by atoms with van der Waals surface area (Å²) in [7, 11) is 0. The van der Waals surface area contributed by atoms with Crippen LogP contribution in [-0.4, -0.2) is 16.5 Å². The van der Waals surface area contributed by atoms with Crippen LogP contribution < -0.4 is 10.6 Å². The zero-order chi connectivity index (χ0) is 13.2. The summed E-state index contributed by atoms with van der Waals surface area (Å²) in [6.45, 7) is 1.10. The van der Waals surface area contributed by atoms with Gasteiger partial charge in [-0.25, -0.2) is 9.37 Å². The molecule has 0 saturated carbocycles. The molecule has 2 N–H and O–H groups in total. The Hall–Kier alpha value is -2.24. The Morgan fingerprint density at radius 1 is 1.26 bits per heavy atom. The van der Waals surface area contributed by atoms with E-state index in [1.54, 1.807) is 12.1 Å². The van der Waals surface area contributed by atoms with Gasteiger partial charge in [-0.15, -0.1) is 0 Å². The van der Waals surface area contributed by atoms with Crippen molar-refractivity contribution in [1.29, 1.82) is 0 Å². The number of nitrogens with zero attached hydrogens (tertiary/aromatic N) is 2. The molecule has 0 saturated heterocycles. The van der Waals surface area contributed by atoms with Crippen LogP contribution in [0.4, 0.5) is 20.3 Å². The van der Waals surface area contributed by atoms with E-state index < -0.39 is 6.08 Å². The van der Waals surface area contributed by atoms with E-state index in [0.717, 1.165) is 17.8 Å². The van der Waals surface area contributed by atoms with Crippen molar-refractivity contribution >= 4 is 11.5 Å². The van der Waals surface area contributed by atoms with Crippen LogP contribution in [0.3, 0.4) is 0 Å². The van der Waals surface area contributed by atoms with E-state index in [-0.39, 0.29) is 5.82 Å². The molecule has 6 heteroatoms. The minimum Gasteiger partial charge on any atom is -0.380 e. The van der Waals surface area contributed by atoms with Crippen molar-refractivity contribution < 1.29 is 8.78 Å². The van der Waals surface area contributed by atoms with Crippen LogP contribution in [0.5, 0.6) is 0 Å². The van der Waals surface area contributed by atoms with E-state index in [9.17, 15) is 8.78 Å². The van der Waals surface area contributed by atoms with Gasteiger partial charge < -0.3 is 10.6 Å². The molecule has 0 radical (unpaired) electrons. The summed E-state index contributed by atoms with van der Waals surface area (Å²) in [5.74, 6) is 0.126. The maximum absolute atomic E-state index is 13.3. The Labute approximate surface area is 108 Å². The lowest BCUT2D eigenvalue weighted by atomic mass is 10.2. The highest BCUT2D eigenvalue weighted by molar-refractivity contribution is 5.69. The molecule has 0 unspecified atom stereocenters. The van der Waals surface area contributed by atoms with E-state index >= 15 is 0 Å². The quantitative estimate of drug-likeness (QED) is 0.834. The molecule has 1 aromatic carbocycles. The smallest absolute Gasteiger partial charge is 0.310 e. The highest BCUT2D eigenvalue weighted by Crippen LogP contribution is 2.27. The van der Waals surface area contributed by atoms with Gasteiger partial charge in [-0.3, -0.25) is 0 Å². The third-order valence-corrected chi connectivity index (χ3v) is 2.97. The molecule has 0 amide bonds. The maximum Gasteiger partial charge on any atom is 0.310 e. The number of fused-ring (bicyclic) bond motifs is 1. The largest absolute Gasteiger partial charge is 0.380 e. The summed E-state index contributed by atoms with van der Waals surface area (Å²) in [6.07, 6.45) is -0.0622. The minimum absolute atomic E-state index is 0.295. The Morgan fingerprint density at radius 3 is 3.00 bits per heavy atom. The molecule has 1 aromatic heterocycles. The van der Waals surface area contributed by atoms with E-state index in [1.807, 2.05) is 0 Å². The van der Waals surface area contributed by atoms with Crippen molar-refractivity contribution in [3.8, 4) is 0 Å². The van der Waals surface area contributed by atoms with Crippen molar-refractivity contribution in [3.63, 3.8) is 0 Å². The molecule has 0 bridgehead atoms. The van der Waals surface area contributed by atoms with Gasteiger partial charge in [0, 0.05) is 19.5 Å². The Kier molecular flexibility index (Phi) is 2.98. The van der Waals surface area contributed by atoms with Crippen molar-refractivity contribution in [2.75, 3.05) is 17.2 Å². The Morgan fingerprint density at radius 2 is 2.16 bits per heavy atom. The first-order valence-electron chi connectivity index (χ1n) is 6.01. The molecule has 4 nitrogen and oxygen atoms in total. The van der Waals surface area contributed by atoms with Crippen molar-refractivity contribution in [2.45, 2.75) is 13.0 Å². The lowest BCUT2D eigenvalue weighted by molar-refractivity contribution is 0.536. The molecule has 0 fully saturated rings. The van der Waals surface area contributed by atoms with Crippen LogP contribution in [-0.2, 0) is 13.0 Å². The number of rotatable bonds is 3. The van der Waals surface area contributed by atoms with Crippen LogP contribution >= 0.6 is 0 Å². The molecule has 0 atom stereocenters. The zero-order valence-corrected chi connectivity index (χ0v) is 10.1. The van der Waals surface area contributed by atoms with Crippen LogP contribution in [0, 0.1) is 11.9 Å². The number of halogens is 2. The second-order valence-corrected chi connectivity index (χ2v) is 4.32. The lowest BCUT2D eigenvalue weighted by Gasteiger charge is -2.10. The van der Waals surface area contributed by atoms with Gasteiger partial charge in [0.05, 0.1) is 11.4 Å². The molecule has 0 aliphatic carbocycles. The number of aromatic nitrogens is 2. The van der Waals surface area contributed by atoms with Gasteiger partial charge >= 0.3 is 6.08 Å². The molecule has 0 spiro atoms. The number of anilines is 2. The molecular weight excluding hydrogens is 250 g/mol. The fourth-order valence-electron chi connectivity index (χ4n) is 2.11. The molecule has 1 aliphatic heterocycles. The first kappa shape index (κ1) is 11.8. The van der Waals surface area contributed by atoms with Crippen LogP contribution in [0.2, 0.25) is 0 Å². The fraction of sp³-hybridized carbons (Fsp3) is 0.231. The van der Waals surface area contributed by atoms with Gasteiger partial charge in [-0.1, -0.05) is 12.1 Å².